The SMILES string of the molecule is Cc1cc(OCCC(=O)OC(C)(C)C)ccc1Cl. The van der Waals surface area contributed by atoms with Gasteiger partial charge in [-0.2, -0.15) is 0 Å². The molecule has 0 saturated carbocycles. The fraction of sp³-hybridized carbons (Fsp3) is 0.500. The molecule has 0 saturated heterocycles. The average molecular weight is 271 g/mol. The van der Waals surface area contributed by atoms with Gasteiger partial charge in [-0.25, -0.2) is 0 Å². The molecule has 1 rings (SSSR count). The fourth-order valence-electron chi connectivity index (χ4n) is 1.35. The zero-order chi connectivity index (χ0) is 13.8. The highest BCUT2D eigenvalue weighted by Gasteiger charge is 2.15. The van der Waals surface area contributed by atoms with Crippen LogP contribution in [0.3, 0.4) is 0 Å². The maximum atomic E-state index is 11.4. The Balaban J connectivity index is 2.38. The summed E-state index contributed by atoms with van der Waals surface area (Å²) in [6.07, 6.45) is 0.235. The van der Waals surface area contributed by atoms with E-state index in [1.165, 1.54) is 0 Å². The Labute approximate surface area is 113 Å². The summed E-state index contributed by atoms with van der Waals surface area (Å²) in [7, 11) is 0. The summed E-state index contributed by atoms with van der Waals surface area (Å²) in [5, 5.41) is 0.703. The lowest BCUT2D eigenvalue weighted by Gasteiger charge is -2.19. The highest BCUT2D eigenvalue weighted by atomic mass is 35.5. The molecule has 0 bridgehead atoms. The van der Waals surface area contributed by atoms with E-state index in [0.29, 0.717) is 17.4 Å². The first-order valence-electron chi connectivity index (χ1n) is 5.89. The second-order valence-corrected chi connectivity index (χ2v) is 5.50. The minimum absolute atomic E-state index is 0.235. The Kier molecular flexibility index (Phi) is 5.03. The number of hydrogen-bond donors (Lipinski definition) is 0. The van der Waals surface area contributed by atoms with Crippen molar-refractivity contribution in [1.29, 1.82) is 0 Å². The molecule has 0 aliphatic heterocycles. The van der Waals surface area contributed by atoms with Crippen LogP contribution in [-0.2, 0) is 9.53 Å². The fourth-order valence-corrected chi connectivity index (χ4v) is 1.47. The van der Waals surface area contributed by atoms with Gasteiger partial charge in [-0.3, -0.25) is 4.79 Å². The van der Waals surface area contributed by atoms with E-state index < -0.39 is 5.60 Å². The zero-order valence-electron chi connectivity index (χ0n) is 11.2. The summed E-state index contributed by atoms with van der Waals surface area (Å²) in [6.45, 7) is 7.73. The van der Waals surface area contributed by atoms with Crippen LogP contribution in [0.1, 0.15) is 32.8 Å². The van der Waals surface area contributed by atoms with E-state index in [1.54, 1.807) is 12.1 Å². The predicted octanol–water partition coefficient (Wildman–Crippen LogP) is 3.76. The van der Waals surface area contributed by atoms with Crippen molar-refractivity contribution in [3.63, 3.8) is 0 Å². The number of ether oxygens (including phenoxy) is 2. The molecule has 0 aliphatic carbocycles. The summed E-state index contributed by atoms with van der Waals surface area (Å²) < 4.78 is 10.6. The second kappa shape index (κ2) is 6.10. The molecule has 0 unspecified atom stereocenters. The third kappa shape index (κ3) is 5.41. The van der Waals surface area contributed by atoms with E-state index in [4.69, 9.17) is 21.1 Å². The Morgan fingerprint density at radius 3 is 2.56 bits per heavy atom. The molecule has 0 atom stereocenters. The van der Waals surface area contributed by atoms with Crippen molar-refractivity contribution in [2.45, 2.75) is 39.7 Å². The standard InChI is InChI=1S/C14H19ClO3/c1-10-9-11(5-6-12(10)15)17-8-7-13(16)18-14(2,3)4/h5-6,9H,7-8H2,1-4H3. The Hall–Kier alpha value is -1.22. The molecule has 0 fully saturated rings. The first-order valence-corrected chi connectivity index (χ1v) is 6.26. The third-order valence-electron chi connectivity index (χ3n) is 2.12. The number of halogens is 1. The minimum atomic E-state index is -0.450. The molecule has 0 heterocycles. The molecule has 1 aromatic rings. The van der Waals surface area contributed by atoms with Crippen molar-refractivity contribution in [2.75, 3.05) is 6.61 Å². The van der Waals surface area contributed by atoms with E-state index in [2.05, 4.69) is 0 Å². The van der Waals surface area contributed by atoms with Crippen molar-refractivity contribution in [1.82, 2.24) is 0 Å². The van der Waals surface area contributed by atoms with E-state index in [9.17, 15) is 4.79 Å². The van der Waals surface area contributed by atoms with Gasteiger partial charge in [-0.1, -0.05) is 11.6 Å². The Bertz CT molecular complexity index is 422. The van der Waals surface area contributed by atoms with Gasteiger partial charge in [0, 0.05) is 5.02 Å². The maximum Gasteiger partial charge on any atom is 0.309 e. The molecular weight excluding hydrogens is 252 g/mol. The zero-order valence-corrected chi connectivity index (χ0v) is 12.0. The molecular formula is C14H19ClO3. The predicted molar refractivity (Wildman–Crippen MR) is 72.1 cm³/mol. The molecule has 0 N–H and O–H groups in total. The lowest BCUT2D eigenvalue weighted by molar-refractivity contribution is -0.155. The van der Waals surface area contributed by atoms with Crippen LogP contribution in [0.4, 0.5) is 0 Å². The van der Waals surface area contributed by atoms with E-state index in [1.807, 2.05) is 33.8 Å². The third-order valence-corrected chi connectivity index (χ3v) is 2.55. The van der Waals surface area contributed by atoms with Gasteiger partial charge in [0.15, 0.2) is 0 Å². The summed E-state index contributed by atoms with van der Waals surface area (Å²) >= 11 is 5.91. The summed E-state index contributed by atoms with van der Waals surface area (Å²) in [5.41, 5.74) is 0.500. The lowest BCUT2D eigenvalue weighted by atomic mass is 10.2. The number of rotatable bonds is 4. The van der Waals surface area contributed by atoms with E-state index >= 15 is 0 Å². The second-order valence-electron chi connectivity index (χ2n) is 5.10. The first kappa shape index (κ1) is 14.8. The number of carbonyl (C=O) groups is 1. The lowest BCUT2D eigenvalue weighted by Crippen LogP contribution is -2.24. The normalized spacial score (nSPS) is 11.2. The molecule has 3 nitrogen and oxygen atoms in total. The van der Waals surface area contributed by atoms with Gasteiger partial charge in [0.05, 0.1) is 13.0 Å². The molecule has 0 amide bonds. The molecule has 4 heteroatoms. The molecule has 100 valence electrons. The van der Waals surface area contributed by atoms with Gasteiger partial charge in [-0.15, -0.1) is 0 Å². The van der Waals surface area contributed by atoms with E-state index in [0.717, 1.165) is 5.56 Å². The highest BCUT2D eigenvalue weighted by molar-refractivity contribution is 6.31. The number of carbonyl (C=O) groups excluding carboxylic acids is 1. The van der Waals surface area contributed by atoms with Crippen LogP contribution in [0.25, 0.3) is 0 Å². The topological polar surface area (TPSA) is 35.5 Å². The minimum Gasteiger partial charge on any atom is -0.493 e. The van der Waals surface area contributed by atoms with Gasteiger partial charge in [0.1, 0.15) is 11.4 Å². The number of benzene rings is 1. The van der Waals surface area contributed by atoms with Crippen LogP contribution < -0.4 is 4.74 Å². The summed E-state index contributed by atoms with van der Waals surface area (Å²) in [6, 6.07) is 5.40. The van der Waals surface area contributed by atoms with Crippen LogP contribution in [0.15, 0.2) is 18.2 Å². The first-order chi connectivity index (χ1) is 8.28. The Morgan fingerprint density at radius 2 is 2.00 bits per heavy atom. The van der Waals surface area contributed by atoms with Crippen molar-refractivity contribution < 1.29 is 14.3 Å². The van der Waals surface area contributed by atoms with Gasteiger partial charge in [-0.05, 0) is 51.5 Å². The smallest absolute Gasteiger partial charge is 0.309 e. The van der Waals surface area contributed by atoms with Gasteiger partial charge in [0.2, 0.25) is 0 Å². The number of esters is 1. The molecule has 0 aliphatic rings. The summed E-state index contributed by atoms with van der Waals surface area (Å²) in [4.78, 5) is 11.4. The van der Waals surface area contributed by atoms with Crippen LogP contribution in [0.5, 0.6) is 5.75 Å². The maximum absolute atomic E-state index is 11.4. The van der Waals surface area contributed by atoms with Crippen molar-refractivity contribution in [3.05, 3.63) is 28.8 Å². The van der Waals surface area contributed by atoms with Crippen LogP contribution >= 0.6 is 11.6 Å². The van der Waals surface area contributed by atoms with Gasteiger partial charge < -0.3 is 9.47 Å². The quantitative estimate of drug-likeness (QED) is 0.782. The Morgan fingerprint density at radius 1 is 1.33 bits per heavy atom. The highest BCUT2D eigenvalue weighted by Crippen LogP contribution is 2.21. The largest absolute Gasteiger partial charge is 0.493 e. The molecule has 1 aromatic carbocycles. The van der Waals surface area contributed by atoms with Crippen molar-refractivity contribution >= 4 is 17.6 Å². The molecule has 18 heavy (non-hydrogen) atoms. The monoisotopic (exact) mass is 270 g/mol. The van der Waals surface area contributed by atoms with E-state index in [-0.39, 0.29) is 12.4 Å². The van der Waals surface area contributed by atoms with Crippen LogP contribution in [0, 0.1) is 6.92 Å². The molecule has 0 aromatic heterocycles. The van der Waals surface area contributed by atoms with Crippen LogP contribution in [0.2, 0.25) is 5.02 Å². The van der Waals surface area contributed by atoms with Gasteiger partial charge >= 0.3 is 5.97 Å². The van der Waals surface area contributed by atoms with Gasteiger partial charge in [0.25, 0.3) is 0 Å². The number of hydrogen-bond acceptors (Lipinski definition) is 3. The van der Waals surface area contributed by atoms with Crippen molar-refractivity contribution in [3.8, 4) is 5.75 Å². The molecule has 0 spiro atoms. The van der Waals surface area contributed by atoms with Crippen molar-refractivity contribution in [2.24, 2.45) is 0 Å². The molecule has 0 radical (unpaired) electrons. The number of aryl methyl sites for hydroxylation is 1. The van der Waals surface area contributed by atoms with Crippen LogP contribution in [-0.4, -0.2) is 18.2 Å². The average Bonchev–Trinajstić information content (AvgIpc) is 2.20. The summed E-state index contributed by atoms with van der Waals surface area (Å²) in [5.74, 6) is 0.452.